The van der Waals surface area contributed by atoms with Gasteiger partial charge in [0.25, 0.3) is 0 Å². The third-order valence-electron chi connectivity index (χ3n) is 1.81. The molecule has 1 aromatic heterocycles. The Kier molecular flexibility index (Phi) is 3.66. The topological polar surface area (TPSA) is 83.5 Å². The molecule has 1 aromatic rings. The molecule has 0 spiro atoms. The number of hydrogen-bond donors (Lipinski definition) is 2. The normalized spacial score (nSPS) is 12.7. The number of carboxylic acid groups (broad SMARTS) is 1. The van der Waals surface area contributed by atoms with Gasteiger partial charge >= 0.3 is 5.97 Å². The molecule has 0 aliphatic rings. The van der Waals surface area contributed by atoms with E-state index < -0.39 is 21.5 Å². The van der Waals surface area contributed by atoms with Gasteiger partial charge in [-0.15, -0.1) is 11.3 Å². The highest BCUT2D eigenvalue weighted by molar-refractivity contribution is 7.89. The number of aryl methyl sites for hydroxylation is 1. The second-order valence-corrected chi connectivity index (χ2v) is 7.60. The Morgan fingerprint density at radius 3 is 2.29 bits per heavy atom. The zero-order valence-electron chi connectivity index (χ0n) is 10.1. The third-order valence-corrected chi connectivity index (χ3v) is 4.86. The summed E-state index contributed by atoms with van der Waals surface area (Å²) >= 11 is 0.957. The van der Waals surface area contributed by atoms with Crippen molar-refractivity contribution in [2.45, 2.75) is 38.1 Å². The smallest absolute Gasteiger partial charge is 0.345 e. The summed E-state index contributed by atoms with van der Waals surface area (Å²) in [6.07, 6.45) is 0. The summed E-state index contributed by atoms with van der Waals surface area (Å²) < 4.78 is 26.5. The van der Waals surface area contributed by atoms with Crippen LogP contribution in [0.2, 0.25) is 0 Å². The maximum absolute atomic E-state index is 12.0. The lowest BCUT2D eigenvalue weighted by molar-refractivity contribution is 0.0702. The maximum Gasteiger partial charge on any atom is 0.345 e. The van der Waals surface area contributed by atoms with E-state index in [9.17, 15) is 13.2 Å². The number of hydrogen-bond acceptors (Lipinski definition) is 4. The van der Waals surface area contributed by atoms with Crippen LogP contribution in [0.5, 0.6) is 0 Å². The number of aromatic carboxylic acids is 1. The number of thiophene rings is 1. The van der Waals surface area contributed by atoms with Crippen LogP contribution >= 0.6 is 11.3 Å². The van der Waals surface area contributed by atoms with Gasteiger partial charge in [0.15, 0.2) is 0 Å². The Morgan fingerprint density at radius 1 is 1.41 bits per heavy atom. The summed E-state index contributed by atoms with van der Waals surface area (Å²) in [5.41, 5.74) is -0.601. The van der Waals surface area contributed by atoms with Crippen molar-refractivity contribution in [1.29, 1.82) is 0 Å². The quantitative estimate of drug-likeness (QED) is 0.883. The first-order valence-corrected chi connectivity index (χ1v) is 7.20. The average molecular weight is 277 g/mol. The van der Waals surface area contributed by atoms with Gasteiger partial charge in [0.1, 0.15) is 4.88 Å². The highest BCUT2D eigenvalue weighted by atomic mass is 32.2. The molecule has 1 rings (SSSR count). The number of carboxylic acids is 1. The van der Waals surface area contributed by atoms with E-state index in [1.807, 2.05) is 0 Å². The number of rotatable bonds is 3. The lowest BCUT2D eigenvalue weighted by atomic mass is 10.1. The van der Waals surface area contributed by atoms with Gasteiger partial charge in [0.2, 0.25) is 10.0 Å². The fourth-order valence-electron chi connectivity index (χ4n) is 1.30. The summed E-state index contributed by atoms with van der Waals surface area (Å²) in [6, 6.07) is 1.19. The summed E-state index contributed by atoms with van der Waals surface area (Å²) in [5.74, 6) is -1.12. The van der Waals surface area contributed by atoms with Crippen molar-refractivity contribution < 1.29 is 18.3 Å². The zero-order chi connectivity index (χ0) is 13.4. The van der Waals surface area contributed by atoms with E-state index in [1.165, 1.54) is 6.07 Å². The summed E-state index contributed by atoms with van der Waals surface area (Å²) in [6.45, 7) is 6.77. The van der Waals surface area contributed by atoms with Crippen molar-refractivity contribution in [2.24, 2.45) is 0 Å². The molecule has 0 unspecified atom stereocenters. The van der Waals surface area contributed by atoms with Crippen LogP contribution in [0.4, 0.5) is 0 Å². The molecule has 0 aliphatic heterocycles. The number of carbonyl (C=O) groups is 1. The Hall–Kier alpha value is -0.920. The van der Waals surface area contributed by atoms with E-state index in [-0.39, 0.29) is 9.77 Å². The molecule has 5 nitrogen and oxygen atoms in total. The number of sulfonamides is 1. The lowest BCUT2D eigenvalue weighted by Crippen LogP contribution is -2.40. The fraction of sp³-hybridized carbons (Fsp3) is 0.500. The fourth-order valence-corrected chi connectivity index (χ4v) is 4.15. The molecule has 1 heterocycles. The molecular formula is C10H15NO4S2. The second kappa shape index (κ2) is 4.40. The minimum atomic E-state index is -3.66. The predicted molar refractivity (Wildman–Crippen MR) is 66.1 cm³/mol. The number of nitrogens with one attached hydrogen (secondary N) is 1. The van der Waals surface area contributed by atoms with Crippen molar-refractivity contribution in [3.63, 3.8) is 0 Å². The van der Waals surface area contributed by atoms with E-state index in [0.717, 1.165) is 11.3 Å². The van der Waals surface area contributed by atoms with Crippen LogP contribution in [0.25, 0.3) is 0 Å². The Bertz CT molecular complexity index is 537. The van der Waals surface area contributed by atoms with E-state index in [4.69, 9.17) is 5.11 Å². The van der Waals surface area contributed by atoms with Gasteiger partial charge in [-0.3, -0.25) is 0 Å². The van der Waals surface area contributed by atoms with Gasteiger partial charge in [-0.25, -0.2) is 17.9 Å². The molecule has 0 atom stereocenters. The molecule has 2 N–H and O–H groups in total. The summed E-state index contributed by atoms with van der Waals surface area (Å²) in [4.78, 5) is 11.3. The molecule has 0 amide bonds. The standard InChI is InChI=1S/C10H15NO4S2/c1-6-8(5-7(16-6)9(12)13)17(14,15)11-10(2,3)4/h5,11H,1-4H3,(H,12,13). The molecule has 0 saturated carbocycles. The van der Waals surface area contributed by atoms with Crippen LogP contribution in [-0.4, -0.2) is 25.0 Å². The minimum absolute atomic E-state index is 0.0248. The average Bonchev–Trinajstić information content (AvgIpc) is 2.43. The predicted octanol–water partition coefficient (Wildman–Crippen LogP) is 1.83. The Balaban J connectivity index is 3.21. The lowest BCUT2D eigenvalue weighted by Gasteiger charge is -2.20. The first-order chi connectivity index (χ1) is 7.53. The first kappa shape index (κ1) is 14.1. The molecule has 7 heteroatoms. The van der Waals surface area contributed by atoms with Gasteiger partial charge in [-0.2, -0.15) is 0 Å². The zero-order valence-corrected chi connectivity index (χ0v) is 11.7. The Labute approximate surface area is 105 Å². The van der Waals surface area contributed by atoms with Crippen molar-refractivity contribution in [1.82, 2.24) is 4.72 Å². The van der Waals surface area contributed by atoms with Crippen LogP contribution in [0.3, 0.4) is 0 Å². The van der Waals surface area contributed by atoms with Crippen LogP contribution in [0.1, 0.15) is 35.3 Å². The molecular weight excluding hydrogens is 262 g/mol. The highest BCUT2D eigenvalue weighted by Crippen LogP contribution is 2.26. The van der Waals surface area contributed by atoms with Crippen LogP contribution in [-0.2, 0) is 10.0 Å². The van der Waals surface area contributed by atoms with Gasteiger partial charge in [0, 0.05) is 10.4 Å². The Morgan fingerprint density at radius 2 is 1.94 bits per heavy atom. The van der Waals surface area contributed by atoms with E-state index in [2.05, 4.69) is 4.72 Å². The first-order valence-electron chi connectivity index (χ1n) is 4.90. The molecule has 0 fully saturated rings. The van der Waals surface area contributed by atoms with Crippen molar-refractivity contribution in [2.75, 3.05) is 0 Å². The van der Waals surface area contributed by atoms with Crippen molar-refractivity contribution in [3.05, 3.63) is 15.8 Å². The van der Waals surface area contributed by atoms with E-state index >= 15 is 0 Å². The third kappa shape index (κ3) is 3.52. The largest absolute Gasteiger partial charge is 0.477 e. The SMILES string of the molecule is Cc1sc(C(=O)O)cc1S(=O)(=O)NC(C)(C)C. The minimum Gasteiger partial charge on any atom is -0.477 e. The molecule has 17 heavy (non-hydrogen) atoms. The molecule has 0 aromatic carbocycles. The molecule has 96 valence electrons. The van der Waals surface area contributed by atoms with Crippen LogP contribution < -0.4 is 4.72 Å². The van der Waals surface area contributed by atoms with Gasteiger partial charge in [-0.1, -0.05) is 0 Å². The maximum atomic E-state index is 12.0. The summed E-state index contributed by atoms with van der Waals surface area (Å²) in [7, 11) is -3.66. The van der Waals surface area contributed by atoms with Gasteiger partial charge < -0.3 is 5.11 Å². The van der Waals surface area contributed by atoms with Crippen LogP contribution in [0.15, 0.2) is 11.0 Å². The van der Waals surface area contributed by atoms with Crippen molar-refractivity contribution in [3.8, 4) is 0 Å². The molecule has 0 aliphatic carbocycles. The van der Waals surface area contributed by atoms with Gasteiger partial charge in [0.05, 0.1) is 4.90 Å². The molecule has 0 saturated heterocycles. The van der Waals surface area contributed by atoms with Crippen molar-refractivity contribution >= 4 is 27.3 Å². The highest BCUT2D eigenvalue weighted by Gasteiger charge is 2.26. The molecule has 0 bridgehead atoms. The summed E-state index contributed by atoms with van der Waals surface area (Å²) in [5, 5.41) is 8.82. The molecule has 0 radical (unpaired) electrons. The van der Waals surface area contributed by atoms with E-state index in [0.29, 0.717) is 4.88 Å². The monoisotopic (exact) mass is 277 g/mol. The second-order valence-electron chi connectivity index (χ2n) is 4.69. The van der Waals surface area contributed by atoms with Gasteiger partial charge in [-0.05, 0) is 33.8 Å². The van der Waals surface area contributed by atoms with Crippen LogP contribution in [0, 0.1) is 6.92 Å². The van der Waals surface area contributed by atoms with E-state index in [1.54, 1.807) is 27.7 Å².